The summed E-state index contributed by atoms with van der Waals surface area (Å²) in [4.78, 5) is 25.3. The first-order valence-electron chi connectivity index (χ1n) is 8.90. The first kappa shape index (κ1) is 17.9. The Bertz CT molecular complexity index is 600. The van der Waals surface area contributed by atoms with Crippen LogP contribution in [0, 0.1) is 11.8 Å². The highest BCUT2D eigenvalue weighted by Crippen LogP contribution is 2.41. The van der Waals surface area contributed by atoms with Gasteiger partial charge in [0.05, 0.1) is 24.0 Å². The normalized spacial score (nSPS) is 37.1. The number of carbonyl (C=O) groups excluding carboxylic acids is 2. The minimum Gasteiger partial charge on any atom is -0.392 e. The molecule has 2 fully saturated rings. The molecule has 2 aliphatic heterocycles. The molecule has 6 atom stereocenters. The summed E-state index contributed by atoms with van der Waals surface area (Å²) in [5.41, 5.74) is 0.782. The van der Waals surface area contributed by atoms with Gasteiger partial charge in [0, 0.05) is 18.0 Å². The van der Waals surface area contributed by atoms with E-state index in [1.807, 2.05) is 44.2 Å². The van der Waals surface area contributed by atoms with Crippen molar-refractivity contribution in [2.75, 3.05) is 0 Å². The van der Waals surface area contributed by atoms with Gasteiger partial charge in [-0.15, -0.1) is 0 Å². The SMILES string of the molecule is CC1CC(O)C(C(c2ccccc2)C2C(=O)NC(C)CC2O)C(=O)N1. The van der Waals surface area contributed by atoms with E-state index in [1.54, 1.807) is 0 Å². The van der Waals surface area contributed by atoms with Gasteiger partial charge >= 0.3 is 0 Å². The lowest BCUT2D eigenvalue weighted by Crippen LogP contribution is -2.58. The number of aliphatic hydroxyl groups is 2. The molecule has 6 nitrogen and oxygen atoms in total. The van der Waals surface area contributed by atoms with Crippen LogP contribution in [0.4, 0.5) is 0 Å². The van der Waals surface area contributed by atoms with E-state index in [0.717, 1.165) is 5.56 Å². The molecule has 0 radical (unpaired) electrons. The molecule has 6 heteroatoms. The van der Waals surface area contributed by atoms with Crippen molar-refractivity contribution in [3.05, 3.63) is 35.9 Å². The Hall–Kier alpha value is -1.92. The van der Waals surface area contributed by atoms with Gasteiger partial charge in [0.2, 0.25) is 11.8 Å². The van der Waals surface area contributed by atoms with Gasteiger partial charge in [-0.2, -0.15) is 0 Å². The Morgan fingerprint density at radius 3 is 1.72 bits per heavy atom. The molecule has 0 aromatic heterocycles. The molecule has 0 saturated carbocycles. The minimum atomic E-state index is -0.853. The molecule has 1 aromatic rings. The van der Waals surface area contributed by atoms with Gasteiger partial charge < -0.3 is 20.8 Å². The first-order valence-corrected chi connectivity index (χ1v) is 8.90. The standard InChI is InChI=1S/C19H26N2O4/c1-10-8-13(22)16(18(24)20-10)15(12-6-4-3-5-7-12)17-14(23)9-11(2)21-19(17)25/h3-7,10-11,13-17,22-23H,8-9H2,1-2H3,(H,20,24)(H,21,25). The fourth-order valence-electron chi connectivity index (χ4n) is 4.28. The second-order valence-corrected chi connectivity index (χ2v) is 7.41. The Morgan fingerprint density at radius 1 is 0.880 bits per heavy atom. The predicted molar refractivity (Wildman–Crippen MR) is 92.6 cm³/mol. The number of hydrogen-bond acceptors (Lipinski definition) is 4. The third-order valence-electron chi connectivity index (χ3n) is 5.36. The van der Waals surface area contributed by atoms with E-state index in [2.05, 4.69) is 10.6 Å². The quantitative estimate of drug-likeness (QED) is 0.642. The Labute approximate surface area is 147 Å². The zero-order valence-corrected chi connectivity index (χ0v) is 14.6. The maximum Gasteiger partial charge on any atom is 0.226 e. The smallest absolute Gasteiger partial charge is 0.226 e. The van der Waals surface area contributed by atoms with Crippen LogP contribution < -0.4 is 10.6 Å². The summed E-state index contributed by atoms with van der Waals surface area (Å²) in [6.07, 6.45) is -0.845. The third kappa shape index (κ3) is 3.55. The second kappa shape index (κ2) is 7.14. The lowest BCUT2D eigenvalue weighted by atomic mass is 9.68. The first-order chi connectivity index (χ1) is 11.9. The Balaban J connectivity index is 2.02. The zero-order chi connectivity index (χ0) is 18.1. The van der Waals surface area contributed by atoms with Crippen LogP contribution in [0.1, 0.15) is 38.2 Å². The van der Waals surface area contributed by atoms with Crippen LogP contribution in [0.25, 0.3) is 0 Å². The Kier molecular flexibility index (Phi) is 5.11. The number of aliphatic hydroxyl groups excluding tert-OH is 2. The van der Waals surface area contributed by atoms with Crippen molar-refractivity contribution < 1.29 is 19.8 Å². The minimum absolute atomic E-state index is 0.111. The van der Waals surface area contributed by atoms with E-state index in [4.69, 9.17) is 0 Å². The van der Waals surface area contributed by atoms with Gasteiger partial charge in [0.1, 0.15) is 0 Å². The maximum absolute atomic E-state index is 12.7. The zero-order valence-electron chi connectivity index (χ0n) is 14.6. The molecular weight excluding hydrogens is 320 g/mol. The molecule has 136 valence electrons. The highest BCUT2D eigenvalue weighted by atomic mass is 16.3. The predicted octanol–water partition coefficient (Wildman–Crippen LogP) is 0.541. The number of benzene rings is 1. The average molecular weight is 346 g/mol. The fourth-order valence-corrected chi connectivity index (χ4v) is 4.28. The van der Waals surface area contributed by atoms with Gasteiger partial charge in [-0.3, -0.25) is 9.59 Å². The third-order valence-corrected chi connectivity index (χ3v) is 5.36. The summed E-state index contributed by atoms with van der Waals surface area (Å²) in [7, 11) is 0. The monoisotopic (exact) mass is 346 g/mol. The highest BCUT2D eigenvalue weighted by Gasteiger charge is 2.49. The molecule has 2 saturated heterocycles. The number of carbonyl (C=O) groups is 2. The lowest BCUT2D eigenvalue weighted by Gasteiger charge is -2.43. The molecule has 0 spiro atoms. The van der Waals surface area contributed by atoms with E-state index < -0.39 is 30.0 Å². The van der Waals surface area contributed by atoms with E-state index in [1.165, 1.54) is 0 Å². The molecule has 0 aliphatic carbocycles. The van der Waals surface area contributed by atoms with Crippen molar-refractivity contribution >= 4 is 11.8 Å². The van der Waals surface area contributed by atoms with Gasteiger partial charge in [-0.05, 0) is 32.3 Å². The van der Waals surface area contributed by atoms with Gasteiger partial charge in [0.25, 0.3) is 0 Å². The van der Waals surface area contributed by atoms with Crippen LogP contribution >= 0.6 is 0 Å². The van der Waals surface area contributed by atoms with Crippen molar-refractivity contribution in [1.29, 1.82) is 0 Å². The summed E-state index contributed by atoms with van der Waals surface area (Å²) in [5, 5.41) is 27.0. The molecule has 6 unspecified atom stereocenters. The average Bonchev–Trinajstić information content (AvgIpc) is 2.52. The van der Waals surface area contributed by atoms with Crippen LogP contribution in [0.15, 0.2) is 30.3 Å². The van der Waals surface area contributed by atoms with Crippen LogP contribution in [0.5, 0.6) is 0 Å². The van der Waals surface area contributed by atoms with Crippen molar-refractivity contribution in [1.82, 2.24) is 10.6 Å². The number of rotatable bonds is 3. The molecule has 2 amide bonds. The van der Waals surface area contributed by atoms with Crippen molar-refractivity contribution in [3.8, 4) is 0 Å². The van der Waals surface area contributed by atoms with Crippen molar-refractivity contribution in [2.24, 2.45) is 11.8 Å². The summed E-state index contributed by atoms with van der Waals surface area (Å²) < 4.78 is 0. The summed E-state index contributed by atoms with van der Waals surface area (Å²) in [5.74, 6) is -2.64. The van der Waals surface area contributed by atoms with Crippen LogP contribution in [0.2, 0.25) is 0 Å². The molecule has 2 heterocycles. The Morgan fingerprint density at radius 2 is 1.32 bits per heavy atom. The second-order valence-electron chi connectivity index (χ2n) is 7.41. The van der Waals surface area contributed by atoms with Gasteiger partial charge in [-0.25, -0.2) is 0 Å². The van der Waals surface area contributed by atoms with Crippen LogP contribution in [0.3, 0.4) is 0 Å². The molecular formula is C19H26N2O4. The number of hydrogen-bond donors (Lipinski definition) is 4. The van der Waals surface area contributed by atoms with E-state index in [-0.39, 0.29) is 23.9 Å². The summed E-state index contributed by atoms with van der Waals surface area (Å²) in [6, 6.07) is 9.02. The number of amides is 2. The fraction of sp³-hybridized carbons (Fsp3) is 0.579. The van der Waals surface area contributed by atoms with Gasteiger partial charge in [0.15, 0.2) is 0 Å². The van der Waals surface area contributed by atoms with E-state index in [9.17, 15) is 19.8 Å². The van der Waals surface area contributed by atoms with E-state index >= 15 is 0 Å². The number of piperidine rings is 2. The summed E-state index contributed by atoms with van der Waals surface area (Å²) in [6.45, 7) is 3.69. The molecule has 2 aliphatic rings. The lowest BCUT2D eigenvalue weighted by molar-refractivity contribution is -0.142. The molecule has 3 rings (SSSR count). The topological polar surface area (TPSA) is 98.7 Å². The highest BCUT2D eigenvalue weighted by molar-refractivity contribution is 5.86. The van der Waals surface area contributed by atoms with Crippen LogP contribution in [-0.2, 0) is 9.59 Å². The molecule has 25 heavy (non-hydrogen) atoms. The largest absolute Gasteiger partial charge is 0.392 e. The molecule has 4 N–H and O–H groups in total. The number of nitrogens with one attached hydrogen (secondary N) is 2. The van der Waals surface area contributed by atoms with Crippen LogP contribution in [-0.4, -0.2) is 46.3 Å². The summed E-state index contributed by atoms with van der Waals surface area (Å²) >= 11 is 0. The van der Waals surface area contributed by atoms with Crippen molar-refractivity contribution in [3.63, 3.8) is 0 Å². The molecule has 1 aromatic carbocycles. The van der Waals surface area contributed by atoms with E-state index in [0.29, 0.717) is 12.8 Å². The van der Waals surface area contributed by atoms with Gasteiger partial charge in [-0.1, -0.05) is 30.3 Å². The molecule has 0 bridgehead atoms. The maximum atomic E-state index is 12.7. The van der Waals surface area contributed by atoms with Crippen molar-refractivity contribution in [2.45, 2.75) is 56.9 Å².